The molecule has 1 aliphatic carbocycles. The Hall–Kier alpha value is -2.37. The highest BCUT2D eigenvalue weighted by atomic mass is 19.1. The predicted molar refractivity (Wildman–Crippen MR) is 79.2 cm³/mol. The Morgan fingerprint density at radius 3 is 2.57 bits per heavy atom. The molecule has 0 N–H and O–H groups in total. The molecule has 1 aromatic carbocycles. The standard InChI is InChI=1S/C17H16F2N2O2/c1-10-16(7-20-11(2)21-10)23-9-17(6-13(17)8-22)12-3-14(18)5-15(19)4-12/h3-5,7-8,13H,6,9H2,1-2H3/t13-,17+/m0/s1. The van der Waals surface area contributed by atoms with E-state index in [0.717, 1.165) is 12.4 Å². The van der Waals surface area contributed by atoms with Gasteiger partial charge in [0.15, 0.2) is 5.75 Å². The summed E-state index contributed by atoms with van der Waals surface area (Å²) < 4.78 is 32.8. The maximum absolute atomic E-state index is 13.5. The number of ether oxygens (including phenoxy) is 1. The van der Waals surface area contributed by atoms with Gasteiger partial charge in [-0.1, -0.05) is 0 Å². The van der Waals surface area contributed by atoms with Gasteiger partial charge in [0.2, 0.25) is 0 Å². The highest BCUT2D eigenvalue weighted by molar-refractivity contribution is 5.64. The lowest BCUT2D eigenvalue weighted by atomic mass is 9.94. The van der Waals surface area contributed by atoms with Crippen LogP contribution in [-0.2, 0) is 10.2 Å². The number of halogens is 2. The van der Waals surface area contributed by atoms with E-state index in [9.17, 15) is 13.6 Å². The average molecular weight is 318 g/mol. The summed E-state index contributed by atoms with van der Waals surface area (Å²) in [5, 5.41) is 0. The third-order valence-corrected chi connectivity index (χ3v) is 4.28. The second kappa shape index (κ2) is 5.68. The van der Waals surface area contributed by atoms with Crippen molar-refractivity contribution in [3.63, 3.8) is 0 Å². The summed E-state index contributed by atoms with van der Waals surface area (Å²) in [5.41, 5.74) is 0.432. The van der Waals surface area contributed by atoms with Crippen molar-refractivity contribution in [1.29, 1.82) is 0 Å². The van der Waals surface area contributed by atoms with Gasteiger partial charge in [-0.3, -0.25) is 0 Å². The maximum Gasteiger partial charge on any atom is 0.158 e. The quantitative estimate of drug-likeness (QED) is 0.796. The molecular weight excluding hydrogens is 302 g/mol. The third-order valence-electron chi connectivity index (χ3n) is 4.28. The summed E-state index contributed by atoms with van der Waals surface area (Å²) in [4.78, 5) is 19.5. The van der Waals surface area contributed by atoms with Crippen LogP contribution in [0.1, 0.15) is 23.5 Å². The molecule has 23 heavy (non-hydrogen) atoms. The van der Waals surface area contributed by atoms with Crippen LogP contribution < -0.4 is 4.74 Å². The van der Waals surface area contributed by atoms with E-state index in [2.05, 4.69) is 9.97 Å². The first kappa shape index (κ1) is 15.5. The molecule has 0 unspecified atom stereocenters. The van der Waals surface area contributed by atoms with Crippen molar-refractivity contribution in [3.8, 4) is 5.75 Å². The van der Waals surface area contributed by atoms with Crippen LogP contribution in [0.3, 0.4) is 0 Å². The summed E-state index contributed by atoms with van der Waals surface area (Å²) in [6.45, 7) is 3.71. The Morgan fingerprint density at radius 2 is 2.00 bits per heavy atom. The minimum absolute atomic E-state index is 0.145. The van der Waals surface area contributed by atoms with Crippen LogP contribution >= 0.6 is 0 Å². The van der Waals surface area contributed by atoms with Gasteiger partial charge < -0.3 is 9.53 Å². The molecule has 1 saturated carbocycles. The number of aryl methyl sites for hydroxylation is 2. The highest BCUT2D eigenvalue weighted by Gasteiger charge is 2.56. The van der Waals surface area contributed by atoms with Crippen LogP contribution in [0.2, 0.25) is 0 Å². The van der Waals surface area contributed by atoms with Crippen molar-refractivity contribution in [3.05, 3.63) is 53.1 Å². The second-order valence-electron chi connectivity index (χ2n) is 5.92. The summed E-state index contributed by atoms with van der Waals surface area (Å²) in [6.07, 6.45) is 2.88. The fourth-order valence-electron chi connectivity index (χ4n) is 2.85. The highest BCUT2D eigenvalue weighted by Crippen LogP contribution is 2.53. The van der Waals surface area contributed by atoms with E-state index in [1.54, 1.807) is 20.0 Å². The smallest absolute Gasteiger partial charge is 0.158 e. The summed E-state index contributed by atoms with van der Waals surface area (Å²) in [6, 6.07) is 3.33. The molecule has 0 saturated heterocycles. The first-order chi connectivity index (χ1) is 10.9. The summed E-state index contributed by atoms with van der Waals surface area (Å²) in [5.74, 6) is -0.496. The Labute approximate surface area is 132 Å². The zero-order valence-corrected chi connectivity index (χ0v) is 12.8. The molecule has 2 atom stereocenters. The number of hydrogen-bond acceptors (Lipinski definition) is 4. The van der Waals surface area contributed by atoms with Gasteiger partial charge in [0, 0.05) is 17.4 Å². The molecule has 0 spiro atoms. The molecule has 6 heteroatoms. The average Bonchev–Trinajstić information content (AvgIpc) is 3.20. The van der Waals surface area contributed by atoms with Crippen molar-refractivity contribution < 1.29 is 18.3 Å². The molecular formula is C17H16F2N2O2. The van der Waals surface area contributed by atoms with E-state index in [-0.39, 0.29) is 12.5 Å². The van der Waals surface area contributed by atoms with Gasteiger partial charge in [0.25, 0.3) is 0 Å². The Kier molecular flexibility index (Phi) is 3.83. The number of aldehydes is 1. The lowest BCUT2D eigenvalue weighted by molar-refractivity contribution is -0.109. The number of carbonyl (C=O) groups is 1. The Morgan fingerprint density at radius 1 is 1.30 bits per heavy atom. The summed E-state index contributed by atoms with van der Waals surface area (Å²) in [7, 11) is 0. The molecule has 2 aromatic rings. The van der Waals surface area contributed by atoms with Crippen LogP contribution in [0.15, 0.2) is 24.4 Å². The Bertz CT molecular complexity index is 746. The predicted octanol–water partition coefficient (Wildman–Crippen LogP) is 2.91. The van der Waals surface area contributed by atoms with E-state index in [1.165, 1.54) is 12.1 Å². The van der Waals surface area contributed by atoms with Gasteiger partial charge in [0.1, 0.15) is 23.7 Å². The number of rotatable bonds is 5. The number of carbonyl (C=O) groups excluding carboxylic acids is 1. The van der Waals surface area contributed by atoms with Crippen molar-refractivity contribution in [2.75, 3.05) is 6.61 Å². The van der Waals surface area contributed by atoms with E-state index >= 15 is 0 Å². The minimum Gasteiger partial charge on any atom is -0.489 e. The van der Waals surface area contributed by atoms with Gasteiger partial charge in [-0.25, -0.2) is 18.7 Å². The number of benzene rings is 1. The number of hydrogen-bond donors (Lipinski definition) is 0. The zero-order valence-electron chi connectivity index (χ0n) is 12.8. The fraction of sp³-hybridized carbons (Fsp3) is 0.353. The molecule has 0 bridgehead atoms. The van der Waals surface area contributed by atoms with Crippen LogP contribution in [-0.4, -0.2) is 22.9 Å². The molecule has 0 amide bonds. The normalized spacial score (nSPS) is 22.7. The van der Waals surface area contributed by atoms with Gasteiger partial charge in [-0.15, -0.1) is 0 Å². The molecule has 1 heterocycles. The third kappa shape index (κ3) is 2.93. The van der Waals surface area contributed by atoms with Crippen LogP contribution in [0, 0.1) is 31.4 Å². The van der Waals surface area contributed by atoms with Crippen LogP contribution in [0.4, 0.5) is 8.78 Å². The van der Waals surface area contributed by atoms with Crippen molar-refractivity contribution >= 4 is 6.29 Å². The van der Waals surface area contributed by atoms with Gasteiger partial charge in [0.05, 0.1) is 18.5 Å². The zero-order chi connectivity index (χ0) is 16.6. The SMILES string of the molecule is Cc1ncc(OC[C@@]2(c3cc(F)cc(F)c3)C[C@H]2C=O)c(C)n1. The molecule has 0 aliphatic heterocycles. The van der Waals surface area contributed by atoms with Crippen molar-refractivity contribution in [1.82, 2.24) is 9.97 Å². The molecule has 3 rings (SSSR count). The second-order valence-corrected chi connectivity index (χ2v) is 5.92. The summed E-state index contributed by atoms with van der Waals surface area (Å²) >= 11 is 0. The minimum atomic E-state index is -0.692. The van der Waals surface area contributed by atoms with Crippen molar-refractivity contribution in [2.24, 2.45) is 5.92 Å². The largest absolute Gasteiger partial charge is 0.489 e. The van der Waals surface area contributed by atoms with E-state index in [0.29, 0.717) is 29.3 Å². The number of aromatic nitrogens is 2. The van der Waals surface area contributed by atoms with Crippen LogP contribution in [0.5, 0.6) is 5.75 Å². The topological polar surface area (TPSA) is 52.1 Å². The van der Waals surface area contributed by atoms with Crippen LogP contribution in [0.25, 0.3) is 0 Å². The van der Waals surface area contributed by atoms with Gasteiger partial charge in [-0.05, 0) is 38.0 Å². The van der Waals surface area contributed by atoms with E-state index < -0.39 is 17.0 Å². The van der Waals surface area contributed by atoms with Gasteiger partial charge in [-0.2, -0.15) is 0 Å². The van der Waals surface area contributed by atoms with E-state index in [4.69, 9.17) is 4.74 Å². The van der Waals surface area contributed by atoms with E-state index in [1.807, 2.05) is 0 Å². The first-order valence-corrected chi connectivity index (χ1v) is 7.29. The molecule has 4 nitrogen and oxygen atoms in total. The lowest BCUT2D eigenvalue weighted by Crippen LogP contribution is -2.22. The maximum atomic E-state index is 13.5. The molecule has 1 aromatic heterocycles. The monoisotopic (exact) mass is 318 g/mol. The molecule has 0 radical (unpaired) electrons. The molecule has 1 aliphatic rings. The van der Waals surface area contributed by atoms with Crippen molar-refractivity contribution in [2.45, 2.75) is 25.7 Å². The molecule has 120 valence electrons. The first-order valence-electron chi connectivity index (χ1n) is 7.29. The Balaban J connectivity index is 1.86. The fourth-order valence-corrected chi connectivity index (χ4v) is 2.85. The lowest BCUT2D eigenvalue weighted by Gasteiger charge is -2.18. The number of nitrogens with zero attached hydrogens (tertiary/aromatic N) is 2. The van der Waals surface area contributed by atoms with Gasteiger partial charge >= 0.3 is 0 Å². The molecule has 1 fully saturated rings.